The Labute approximate surface area is 414 Å². The number of anilines is 1. The number of ether oxygens (including phenoxy) is 2. The third-order valence-corrected chi connectivity index (χ3v) is 13.6. The summed E-state index contributed by atoms with van der Waals surface area (Å²) in [6.07, 6.45) is 6.39. The van der Waals surface area contributed by atoms with Crippen molar-refractivity contribution in [2.75, 3.05) is 72.5 Å². The van der Waals surface area contributed by atoms with Gasteiger partial charge in [0.15, 0.2) is 12.4 Å². The number of carboxylic acid groups (broad SMARTS) is 1. The second kappa shape index (κ2) is 23.7. The molecule has 0 spiro atoms. The number of benzene rings is 4. The molecule has 2 atom stereocenters. The number of hydrogen-bond donors (Lipinski definition) is 3. The lowest BCUT2D eigenvalue weighted by atomic mass is 9.84. The number of nitrogens with one attached hydrogen (secondary N) is 3. The Kier molecular flexibility index (Phi) is 17.3. The highest BCUT2D eigenvalue weighted by Gasteiger charge is 2.32. The van der Waals surface area contributed by atoms with Gasteiger partial charge in [-0.05, 0) is 92.5 Å². The molecule has 71 heavy (non-hydrogen) atoms. The standard InChI is InChI=1S/C55H66N6O10/c1-34-13-12-14-35(2)49(34)54(67)70-33-46(62)44(57-52(64)45(29-36-15-8-7-9-16-36)58-55(68)61-25-27-69-28-26-61)17-10-11-24-56-51(63)37-18-21-40(43(30-37)53(65)66)50-41-22-19-38(59(3)4)31-47(41)71-48-32-39(60(5)6)20-23-42(48)50/h12-14,18-23,30-32,36,44-45H,7-11,15-17,24-29,33H2,1-6H3,(H3-,56,57,58,63,64,65,66,68)/t44-,45-/m0/s1. The number of Topliss-reactive ketones (excluding diaryl/α,β-unsaturated/α-hetero) is 1. The fraction of sp³-hybridized carbons (Fsp3) is 0.436. The Morgan fingerprint density at radius 1 is 0.845 bits per heavy atom. The minimum Gasteiger partial charge on any atom is -0.545 e. The zero-order valence-electron chi connectivity index (χ0n) is 41.7. The SMILES string of the molecule is Cc1cccc(C)c1C(=O)OCC(=O)[C@H](CCCCNC(=O)c1ccc(-c2c3ccc(=[N+](C)C)cc-3oc3cc(N(C)C)ccc23)c(C(=O)[O-])c1)NC(=O)[C@H](CC1CCCCC1)NC(=O)N1CCOCC1. The molecule has 16 nitrogen and oxygen atoms in total. The monoisotopic (exact) mass is 970 g/mol. The maximum absolute atomic E-state index is 14.2. The highest BCUT2D eigenvalue weighted by Crippen LogP contribution is 2.42. The topological polar surface area (TPSA) is 203 Å². The molecule has 0 aromatic heterocycles. The summed E-state index contributed by atoms with van der Waals surface area (Å²) in [7, 11) is 7.68. The van der Waals surface area contributed by atoms with Crippen LogP contribution in [-0.2, 0) is 19.1 Å². The van der Waals surface area contributed by atoms with Crippen LogP contribution < -0.4 is 35.9 Å². The predicted molar refractivity (Wildman–Crippen MR) is 269 cm³/mol. The third kappa shape index (κ3) is 12.8. The van der Waals surface area contributed by atoms with Gasteiger partial charge in [0.2, 0.25) is 11.3 Å². The van der Waals surface area contributed by atoms with Crippen LogP contribution in [0.1, 0.15) is 100.0 Å². The van der Waals surface area contributed by atoms with E-state index in [1.165, 1.54) is 6.07 Å². The largest absolute Gasteiger partial charge is 0.545 e. The van der Waals surface area contributed by atoms with Gasteiger partial charge in [0.05, 0.1) is 36.9 Å². The van der Waals surface area contributed by atoms with Gasteiger partial charge in [-0.2, -0.15) is 0 Å². The number of ketones is 1. The first-order valence-corrected chi connectivity index (χ1v) is 24.6. The van der Waals surface area contributed by atoms with E-state index in [0.717, 1.165) is 43.1 Å². The van der Waals surface area contributed by atoms with Gasteiger partial charge in [0, 0.05) is 79.2 Å². The maximum Gasteiger partial charge on any atom is 0.339 e. The number of urea groups is 1. The fourth-order valence-electron chi connectivity index (χ4n) is 9.59. The molecule has 376 valence electrons. The van der Waals surface area contributed by atoms with Crippen molar-refractivity contribution < 1.29 is 47.8 Å². The smallest absolute Gasteiger partial charge is 0.339 e. The number of aromatic carboxylic acids is 1. The van der Waals surface area contributed by atoms with Crippen LogP contribution >= 0.6 is 0 Å². The van der Waals surface area contributed by atoms with Crippen LogP contribution in [0.3, 0.4) is 0 Å². The Hall–Kier alpha value is -7.07. The number of fused-ring (bicyclic) bond motifs is 2. The molecule has 7 rings (SSSR count). The summed E-state index contributed by atoms with van der Waals surface area (Å²) in [5.41, 5.74) is 4.84. The number of esters is 1. The van der Waals surface area contributed by atoms with E-state index in [1.807, 2.05) is 80.1 Å². The van der Waals surface area contributed by atoms with E-state index < -0.39 is 48.2 Å². The molecule has 1 saturated heterocycles. The first kappa shape index (κ1) is 51.8. The zero-order chi connectivity index (χ0) is 50.8. The lowest BCUT2D eigenvalue weighted by Gasteiger charge is -2.31. The molecule has 2 aliphatic heterocycles. The quantitative estimate of drug-likeness (QED) is 0.0435. The lowest BCUT2D eigenvalue weighted by molar-refractivity contribution is -0.255. The van der Waals surface area contributed by atoms with Crippen LogP contribution in [0, 0.1) is 19.8 Å². The molecule has 3 aromatic rings. The molecule has 4 amide bonds. The van der Waals surface area contributed by atoms with Crippen molar-refractivity contribution in [1.82, 2.24) is 25.4 Å². The summed E-state index contributed by atoms with van der Waals surface area (Å²) >= 11 is 0. The molecule has 3 aromatic carbocycles. The van der Waals surface area contributed by atoms with Crippen molar-refractivity contribution in [1.29, 1.82) is 0 Å². The van der Waals surface area contributed by atoms with Crippen molar-refractivity contribution in [3.8, 4) is 22.5 Å². The number of carbonyl (C=O) groups excluding carboxylic acids is 6. The third-order valence-electron chi connectivity index (χ3n) is 13.6. The van der Waals surface area contributed by atoms with Crippen LogP contribution in [0.25, 0.3) is 33.4 Å². The first-order chi connectivity index (χ1) is 34.1. The summed E-state index contributed by atoms with van der Waals surface area (Å²) in [6.45, 7) is 4.73. The number of aryl methyl sites for hydroxylation is 2. The Balaban J connectivity index is 1.06. The molecule has 2 aliphatic carbocycles. The molecule has 0 unspecified atom stereocenters. The van der Waals surface area contributed by atoms with Gasteiger partial charge < -0.3 is 49.5 Å². The van der Waals surface area contributed by atoms with Gasteiger partial charge in [-0.3, -0.25) is 14.4 Å². The van der Waals surface area contributed by atoms with Crippen molar-refractivity contribution in [2.24, 2.45) is 5.92 Å². The number of nitrogens with zero attached hydrogens (tertiary/aromatic N) is 3. The van der Waals surface area contributed by atoms with Gasteiger partial charge in [0.1, 0.15) is 31.5 Å². The molecule has 0 bridgehead atoms. The second-order valence-corrected chi connectivity index (χ2v) is 19.1. The highest BCUT2D eigenvalue weighted by molar-refractivity contribution is 6.09. The number of rotatable bonds is 18. The van der Waals surface area contributed by atoms with Crippen molar-refractivity contribution in [2.45, 2.75) is 83.7 Å². The Morgan fingerprint density at radius 3 is 2.25 bits per heavy atom. The molecule has 3 N–H and O–H groups in total. The molecular formula is C55H66N6O10. The minimum atomic E-state index is -1.45. The summed E-state index contributed by atoms with van der Waals surface area (Å²) in [5, 5.41) is 23.2. The summed E-state index contributed by atoms with van der Waals surface area (Å²) in [5.74, 6) is -2.85. The Morgan fingerprint density at radius 2 is 1.56 bits per heavy atom. The van der Waals surface area contributed by atoms with Gasteiger partial charge in [-0.1, -0.05) is 56.4 Å². The van der Waals surface area contributed by atoms with E-state index in [-0.39, 0.29) is 36.0 Å². The number of carboxylic acids is 1. The van der Waals surface area contributed by atoms with Crippen LogP contribution in [0.15, 0.2) is 77.2 Å². The van der Waals surface area contributed by atoms with Crippen LogP contribution in [0.5, 0.6) is 0 Å². The van der Waals surface area contributed by atoms with Gasteiger partial charge in [-0.15, -0.1) is 0 Å². The number of unbranched alkanes of at least 4 members (excludes halogenated alkanes) is 1. The molecule has 1 saturated carbocycles. The van der Waals surface area contributed by atoms with E-state index in [2.05, 4.69) is 16.0 Å². The Bertz CT molecular complexity index is 2800. The molecule has 2 heterocycles. The van der Waals surface area contributed by atoms with E-state index in [4.69, 9.17) is 13.9 Å². The van der Waals surface area contributed by atoms with E-state index in [0.29, 0.717) is 95.7 Å². The number of morpholine rings is 1. The van der Waals surface area contributed by atoms with E-state index in [9.17, 15) is 33.9 Å². The first-order valence-electron chi connectivity index (χ1n) is 24.6. The zero-order valence-corrected chi connectivity index (χ0v) is 41.7. The van der Waals surface area contributed by atoms with Gasteiger partial charge in [0.25, 0.3) is 5.91 Å². The molecule has 4 aliphatic rings. The fourth-order valence-corrected chi connectivity index (χ4v) is 9.59. The normalized spacial score (nSPS) is 14.9. The van der Waals surface area contributed by atoms with Crippen LogP contribution in [0.4, 0.5) is 10.5 Å². The lowest BCUT2D eigenvalue weighted by Crippen LogP contribution is -2.56. The van der Waals surface area contributed by atoms with Crippen LogP contribution in [-0.4, -0.2) is 120 Å². The van der Waals surface area contributed by atoms with Gasteiger partial charge >= 0.3 is 12.0 Å². The average molecular weight is 971 g/mol. The summed E-state index contributed by atoms with van der Waals surface area (Å²) in [6, 6.07) is 19.0. The van der Waals surface area contributed by atoms with Crippen molar-refractivity contribution in [3.05, 3.63) is 106 Å². The minimum absolute atomic E-state index is 0.112. The van der Waals surface area contributed by atoms with Crippen molar-refractivity contribution >= 4 is 52.2 Å². The maximum atomic E-state index is 14.2. The number of carbonyl (C=O) groups is 6. The molecular weight excluding hydrogens is 905 g/mol. The predicted octanol–water partition coefficient (Wildman–Crippen LogP) is 5.47. The summed E-state index contributed by atoms with van der Waals surface area (Å²) in [4.78, 5) is 84.9. The van der Waals surface area contributed by atoms with Gasteiger partial charge in [-0.25, -0.2) is 14.2 Å². The summed E-state index contributed by atoms with van der Waals surface area (Å²) < 4.78 is 19.3. The highest BCUT2D eigenvalue weighted by atomic mass is 16.5. The molecule has 0 radical (unpaired) electrons. The van der Waals surface area contributed by atoms with Crippen molar-refractivity contribution in [3.63, 3.8) is 0 Å². The molecule has 2 fully saturated rings. The molecule has 16 heteroatoms. The second-order valence-electron chi connectivity index (χ2n) is 19.1. The van der Waals surface area contributed by atoms with E-state index in [1.54, 1.807) is 43.0 Å². The van der Waals surface area contributed by atoms with Crippen LogP contribution in [0.2, 0.25) is 0 Å². The average Bonchev–Trinajstić information content (AvgIpc) is 3.36. The number of hydrogen-bond acceptors (Lipinski definition) is 11. The number of amides is 4. The van der Waals surface area contributed by atoms with E-state index >= 15 is 0 Å².